The first-order valence-corrected chi connectivity index (χ1v) is 13.4. The van der Waals surface area contributed by atoms with Gasteiger partial charge in [-0.1, -0.05) is 19.8 Å². The second kappa shape index (κ2) is 11.5. The topological polar surface area (TPSA) is 57.3 Å². The lowest BCUT2D eigenvalue weighted by Crippen LogP contribution is -2.60. The largest absolute Gasteiger partial charge is 0.348 e. The van der Waals surface area contributed by atoms with Crippen molar-refractivity contribution >= 4 is 6.03 Å². The first-order valence-electron chi connectivity index (χ1n) is 13.4. The van der Waals surface area contributed by atoms with Crippen LogP contribution in [0.5, 0.6) is 0 Å². The number of rotatable bonds is 7. The van der Waals surface area contributed by atoms with Crippen LogP contribution in [0.3, 0.4) is 0 Å². The summed E-state index contributed by atoms with van der Waals surface area (Å²) in [6.45, 7) is 12.8. The van der Waals surface area contributed by atoms with E-state index in [1.807, 2.05) is 4.90 Å². The van der Waals surface area contributed by atoms with E-state index in [0.29, 0.717) is 12.0 Å². The van der Waals surface area contributed by atoms with Crippen LogP contribution in [0.25, 0.3) is 0 Å². The van der Waals surface area contributed by atoms with Crippen LogP contribution in [0.15, 0.2) is 0 Å². The van der Waals surface area contributed by atoms with Gasteiger partial charge >= 0.3 is 6.03 Å². The fourth-order valence-electron chi connectivity index (χ4n) is 6.52. The van der Waals surface area contributed by atoms with Crippen molar-refractivity contribution in [3.05, 3.63) is 0 Å². The van der Waals surface area contributed by atoms with E-state index in [4.69, 9.17) is 9.47 Å². The zero-order valence-corrected chi connectivity index (χ0v) is 20.5. The van der Waals surface area contributed by atoms with Gasteiger partial charge in [-0.15, -0.1) is 0 Å². The number of nitrogens with one attached hydrogen (secondary N) is 1. The van der Waals surface area contributed by atoms with Gasteiger partial charge in [0.15, 0.2) is 5.79 Å². The smallest absolute Gasteiger partial charge is 0.317 e. The second-order valence-corrected chi connectivity index (χ2v) is 10.4. The van der Waals surface area contributed by atoms with E-state index in [2.05, 4.69) is 29.0 Å². The van der Waals surface area contributed by atoms with E-state index in [0.717, 1.165) is 78.0 Å². The molecule has 0 aromatic heterocycles. The summed E-state index contributed by atoms with van der Waals surface area (Å²) in [5.74, 6) is 0.174. The first kappa shape index (κ1) is 24.2. The molecule has 7 nitrogen and oxygen atoms in total. The van der Waals surface area contributed by atoms with Crippen molar-refractivity contribution in [2.24, 2.45) is 5.92 Å². The van der Waals surface area contributed by atoms with Crippen LogP contribution in [0.1, 0.15) is 71.6 Å². The Kier molecular flexibility index (Phi) is 8.71. The minimum atomic E-state index is -0.354. The molecule has 3 aliphatic heterocycles. The fourth-order valence-corrected chi connectivity index (χ4v) is 6.52. The number of hydrogen-bond acceptors (Lipinski definition) is 5. The van der Waals surface area contributed by atoms with Gasteiger partial charge in [0.25, 0.3) is 0 Å². The summed E-state index contributed by atoms with van der Waals surface area (Å²) in [5, 5.41) is 3.42. The van der Waals surface area contributed by atoms with E-state index in [1.54, 1.807) is 0 Å². The molecule has 3 heterocycles. The van der Waals surface area contributed by atoms with Gasteiger partial charge in [-0.05, 0) is 64.6 Å². The van der Waals surface area contributed by atoms with E-state index in [9.17, 15) is 4.79 Å². The van der Waals surface area contributed by atoms with E-state index in [1.165, 1.54) is 38.8 Å². The van der Waals surface area contributed by atoms with Gasteiger partial charge in [0.05, 0.1) is 13.2 Å². The Morgan fingerprint density at radius 3 is 2.53 bits per heavy atom. The van der Waals surface area contributed by atoms with Crippen LogP contribution in [-0.2, 0) is 9.47 Å². The molecule has 1 unspecified atom stereocenters. The standard InChI is InChI=1S/C25H46N4O3/c1-3-11-29-20-22(18-21-19-25(10-9-23(21)29)31-16-17-32-25)26-24(30)28(4-2)15-14-27-12-7-5-6-8-13-27/h21-23H,3-20H2,1-2H3,(H,26,30)/t21?,22-,23+/m0/s1. The molecular formula is C25H46N4O3. The summed E-state index contributed by atoms with van der Waals surface area (Å²) in [5.41, 5.74) is 0. The predicted octanol–water partition coefficient (Wildman–Crippen LogP) is 3.29. The average molecular weight is 451 g/mol. The first-order chi connectivity index (χ1) is 15.6. The quantitative estimate of drug-likeness (QED) is 0.645. The number of hydrogen-bond donors (Lipinski definition) is 1. The highest BCUT2D eigenvalue weighted by molar-refractivity contribution is 5.74. The van der Waals surface area contributed by atoms with Gasteiger partial charge in [-0.3, -0.25) is 4.90 Å². The van der Waals surface area contributed by atoms with Gasteiger partial charge in [-0.2, -0.15) is 0 Å². The Balaban J connectivity index is 1.32. The van der Waals surface area contributed by atoms with Crippen LogP contribution in [-0.4, -0.2) is 97.6 Å². The molecule has 184 valence electrons. The molecule has 2 amide bonds. The van der Waals surface area contributed by atoms with Crippen LogP contribution in [0.2, 0.25) is 0 Å². The molecule has 1 aliphatic carbocycles. The summed E-state index contributed by atoms with van der Waals surface area (Å²) in [7, 11) is 0. The number of ether oxygens (including phenoxy) is 2. The average Bonchev–Trinajstić information content (AvgIpc) is 3.06. The summed E-state index contributed by atoms with van der Waals surface area (Å²) < 4.78 is 12.1. The Morgan fingerprint density at radius 1 is 1.09 bits per heavy atom. The predicted molar refractivity (Wildman–Crippen MR) is 127 cm³/mol. The Hall–Kier alpha value is -0.890. The van der Waals surface area contributed by atoms with Crippen LogP contribution in [0, 0.1) is 5.92 Å². The maximum Gasteiger partial charge on any atom is 0.317 e. The molecule has 3 atom stereocenters. The number of carbonyl (C=O) groups is 1. The number of amides is 2. The zero-order valence-electron chi connectivity index (χ0n) is 20.5. The van der Waals surface area contributed by atoms with E-state index < -0.39 is 0 Å². The molecule has 0 bridgehead atoms. The molecule has 0 aromatic rings. The number of piperidine rings is 1. The minimum Gasteiger partial charge on any atom is -0.348 e. The summed E-state index contributed by atoms with van der Waals surface area (Å²) >= 11 is 0. The molecule has 1 spiro atoms. The molecule has 1 N–H and O–H groups in total. The third-order valence-corrected chi connectivity index (χ3v) is 8.16. The summed E-state index contributed by atoms with van der Waals surface area (Å²) in [4.78, 5) is 20.4. The van der Waals surface area contributed by atoms with Crippen molar-refractivity contribution in [2.75, 3.05) is 59.0 Å². The van der Waals surface area contributed by atoms with Gasteiger partial charge in [-0.25, -0.2) is 4.79 Å². The van der Waals surface area contributed by atoms with Crippen molar-refractivity contribution < 1.29 is 14.3 Å². The molecular weight excluding hydrogens is 404 g/mol. The molecule has 0 radical (unpaired) electrons. The molecule has 4 aliphatic rings. The van der Waals surface area contributed by atoms with Crippen LogP contribution >= 0.6 is 0 Å². The SMILES string of the molecule is CCCN1C[C@@H](NC(=O)N(CC)CCN2CCCCCC2)CC2CC3(CC[C@H]21)OCCO3. The monoisotopic (exact) mass is 450 g/mol. The van der Waals surface area contributed by atoms with Gasteiger partial charge in [0.2, 0.25) is 0 Å². The lowest BCUT2D eigenvalue weighted by atomic mass is 9.74. The third kappa shape index (κ3) is 5.96. The fraction of sp³-hybridized carbons (Fsp3) is 0.960. The van der Waals surface area contributed by atoms with Crippen molar-refractivity contribution in [2.45, 2.75) is 89.5 Å². The molecule has 32 heavy (non-hydrogen) atoms. The highest BCUT2D eigenvalue weighted by atomic mass is 16.7. The molecule has 4 rings (SSSR count). The van der Waals surface area contributed by atoms with Crippen molar-refractivity contribution in [3.63, 3.8) is 0 Å². The van der Waals surface area contributed by atoms with Crippen LogP contribution in [0.4, 0.5) is 4.79 Å². The van der Waals surface area contributed by atoms with Crippen LogP contribution < -0.4 is 5.32 Å². The highest BCUT2D eigenvalue weighted by Gasteiger charge is 2.49. The lowest BCUT2D eigenvalue weighted by Gasteiger charge is -2.51. The molecule has 0 aromatic carbocycles. The molecule has 4 fully saturated rings. The van der Waals surface area contributed by atoms with E-state index >= 15 is 0 Å². The van der Waals surface area contributed by atoms with Crippen molar-refractivity contribution in [1.29, 1.82) is 0 Å². The lowest BCUT2D eigenvalue weighted by molar-refractivity contribution is -0.201. The molecule has 7 heteroatoms. The maximum atomic E-state index is 13.2. The van der Waals surface area contributed by atoms with Crippen molar-refractivity contribution in [3.8, 4) is 0 Å². The van der Waals surface area contributed by atoms with Gasteiger partial charge < -0.3 is 24.6 Å². The summed E-state index contributed by atoms with van der Waals surface area (Å²) in [6, 6.07) is 0.923. The van der Waals surface area contributed by atoms with Gasteiger partial charge in [0.1, 0.15) is 0 Å². The Morgan fingerprint density at radius 2 is 1.84 bits per heavy atom. The zero-order chi connectivity index (χ0) is 22.4. The number of urea groups is 1. The minimum absolute atomic E-state index is 0.112. The summed E-state index contributed by atoms with van der Waals surface area (Å²) in [6.07, 6.45) is 10.6. The second-order valence-electron chi connectivity index (χ2n) is 10.4. The van der Waals surface area contributed by atoms with E-state index in [-0.39, 0.29) is 17.9 Å². The number of likely N-dealkylation sites (N-methyl/N-ethyl adjacent to an activating group) is 1. The number of nitrogens with zero attached hydrogens (tertiary/aromatic N) is 3. The normalized spacial score (nSPS) is 31.2. The maximum absolute atomic E-state index is 13.2. The Bertz CT molecular complexity index is 590. The van der Waals surface area contributed by atoms with Gasteiger partial charge in [0, 0.05) is 51.1 Å². The van der Waals surface area contributed by atoms with Crippen molar-refractivity contribution in [1.82, 2.24) is 20.0 Å². The third-order valence-electron chi connectivity index (χ3n) is 8.16. The molecule has 3 saturated heterocycles. The Labute approximate surface area is 195 Å². The number of fused-ring (bicyclic) bond motifs is 1. The molecule has 1 saturated carbocycles. The number of likely N-dealkylation sites (tertiary alicyclic amines) is 2. The highest BCUT2D eigenvalue weighted by Crippen LogP contribution is 2.44. The number of carbonyl (C=O) groups excluding carboxylic acids is 1.